The zero-order valence-corrected chi connectivity index (χ0v) is 9.85. The summed E-state index contributed by atoms with van der Waals surface area (Å²) in [5.41, 5.74) is 0.183. The van der Waals surface area contributed by atoms with Crippen LogP contribution in [0.25, 0.3) is 0 Å². The van der Waals surface area contributed by atoms with E-state index in [0.717, 1.165) is 25.7 Å². The number of rotatable bonds is 2. The van der Waals surface area contributed by atoms with Gasteiger partial charge in [0, 0.05) is 6.04 Å². The Balaban J connectivity index is 2.63. The van der Waals surface area contributed by atoms with Crippen molar-refractivity contribution in [3.05, 3.63) is 0 Å². The highest BCUT2D eigenvalue weighted by Gasteiger charge is 2.38. The Morgan fingerprint density at radius 2 is 1.64 bits per heavy atom. The minimum Gasteiger partial charge on any atom is -0.297 e. The molecule has 1 fully saturated rings. The van der Waals surface area contributed by atoms with E-state index >= 15 is 0 Å². The monoisotopic (exact) mass is 194 g/mol. The lowest BCUT2D eigenvalue weighted by molar-refractivity contribution is 0.164. The summed E-state index contributed by atoms with van der Waals surface area (Å²) in [6.07, 6.45) is 4.30. The number of nitrogens with zero attached hydrogens (tertiary/aromatic N) is 1. The van der Waals surface area contributed by atoms with Gasteiger partial charge in [-0.15, -0.1) is 0 Å². The molecule has 0 amide bonds. The molecule has 0 aromatic carbocycles. The van der Waals surface area contributed by atoms with Crippen molar-refractivity contribution in [3.8, 4) is 6.07 Å². The molecule has 0 heterocycles. The summed E-state index contributed by atoms with van der Waals surface area (Å²) >= 11 is 0. The van der Waals surface area contributed by atoms with E-state index < -0.39 is 0 Å². The molecular weight excluding hydrogens is 172 g/mol. The molecule has 1 rings (SSSR count). The smallest absolute Gasteiger partial charge is 0.107 e. The first kappa shape index (κ1) is 11.5. The van der Waals surface area contributed by atoms with Crippen LogP contribution in [0.2, 0.25) is 0 Å². The summed E-state index contributed by atoms with van der Waals surface area (Å²) in [5.74, 6) is 0. The molecule has 0 atom stereocenters. The average Bonchev–Trinajstić information content (AvgIpc) is 2.09. The summed E-state index contributed by atoms with van der Waals surface area (Å²) in [4.78, 5) is 0. The van der Waals surface area contributed by atoms with Gasteiger partial charge in [-0.25, -0.2) is 0 Å². The van der Waals surface area contributed by atoms with Gasteiger partial charge in [-0.1, -0.05) is 13.8 Å². The molecule has 14 heavy (non-hydrogen) atoms. The Bertz CT molecular complexity index is 225. The van der Waals surface area contributed by atoms with E-state index in [0.29, 0.717) is 11.5 Å². The van der Waals surface area contributed by atoms with Crippen LogP contribution in [0.5, 0.6) is 0 Å². The topological polar surface area (TPSA) is 35.8 Å². The van der Waals surface area contributed by atoms with Gasteiger partial charge in [0.2, 0.25) is 0 Å². The SMILES string of the molecule is CC(C)NC1(C#N)CCC(C)(C)CC1. The van der Waals surface area contributed by atoms with E-state index in [2.05, 4.69) is 39.1 Å². The van der Waals surface area contributed by atoms with Crippen LogP contribution in [-0.2, 0) is 0 Å². The molecule has 0 saturated heterocycles. The molecule has 1 aliphatic rings. The van der Waals surface area contributed by atoms with Crippen LogP contribution >= 0.6 is 0 Å². The molecular formula is C12H22N2. The Morgan fingerprint density at radius 3 is 2.00 bits per heavy atom. The van der Waals surface area contributed by atoms with Crippen LogP contribution in [0.4, 0.5) is 0 Å². The fourth-order valence-electron chi connectivity index (χ4n) is 2.19. The van der Waals surface area contributed by atoms with E-state index in [1.165, 1.54) is 0 Å². The highest BCUT2D eigenvalue weighted by molar-refractivity contribution is 5.10. The van der Waals surface area contributed by atoms with Crippen molar-refractivity contribution in [2.75, 3.05) is 0 Å². The number of nitriles is 1. The highest BCUT2D eigenvalue weighted by Crippen LogP contribution is 2.40. The second kappa shape index (κ2) is 3.90. The molecule has 0 aromatic rings. The van der Waals surface area contributed by atoms with E-state index in [1.54, 1.807) is 0 Å². The third-order valence-corrected chi connectivity index (χ3v) is 3.24. The molecule has 1 aliphatic carbocycles. The molecule has 1 N–H and O–H groups in total. The van der Waals surface area contributed by atoms with Crippen LogP contribution in [0.15, 0.2) is 0 Å². The van der Waals surface area contributed by atoms with Gasteiger partial charge < -0.3 is 0 Å². The predicted molar refractivity (Wildman–Crippen MR) is 58.9 cm³/mol. The summed E-state index contributed by atoms with van der Waals surface area (Å²) in [7, 11) is 0. The maximum Gasteiger partial charge on any atom is 0.107 e. The normalized spacial score (nSPS) is 24.6. The van der Waals surface area contributed by atoms with Crippen molar-refractivity contribution in [1.82, 2.24) is 5.32 Å². The van der Waals surface area contributed by atoms with Crippen molar-refractivity contribution >= 4 is 0 Å². The molecule has 2 nitrogen and oxygen atoms in total. The molecule has 80 valence electrons. The van der Waals surface area contributed by atoms with Gasteiger partial charge in [0.25, 0.3) is 0 Å². The summed E-state index contributed by atoms with van der Waals surface area (Å²) in [5, 5.41) is 12.7. The molecule has 0 radical (unpaired) electrons. The minimum atomic E-state index is -0.246. The average molecular weight is 194 g/mol. The van der Waals surface area contributed by atoms with Gasteiger partial charge in [0.15, 0.2) is 0 Å². The first-order valence-electron chi connectivity index (χ1n) is 5.58. The second-order valence-electron chi connectivity index (χ2n) is 5.66. The Labute approximate surface area is 87.7 Å². The zero-order valence-electron chi connectivity index (χ0n) is 9.85. The Morgan fingerprint density at radius 1 is 1.14 bits per heavy atom. The van der Waals surface area contributed by atoms with E-state index in [9.17, 15) is 5.26 Å². The van der Waals surface area contributed by atoms with Crippen LogP contribution in [0.3, 0.4) is 0 Å². The summed E-state index contributed by atoms with van der Waals surface area (Å²) in [6.45, 7) is 8.81. The molecule has 0 bridgehead atoms. The summed E-state index contributed by atoms with van der Waals surface area (Å²) in [6, 6.07) is 2.87. The largest absolute Gasteiger partial charge is 0.297 e. The molecule has 2 heteroatoms. The number of hydrogen-bond acceptors (Lipinski definition) is 2. The van der Waals surface area contributed by atoms with Crippen molar-refractivity contribution < 1.29 is 0 Å². The lowest BCUT2D eigenvalue weighted by Gasteiger charge is -2.40. The van der Waals surface area contributed by atoms with Crippen LogP contribution in [-0.4, -0.2) is 11.6 Å². The van der Waals surface area contributed by atoms with E-state index in [-0.39, 0.29) is 5.54 Å². The fraction of sp³-hybridized carbons (Fsp3) is 0.917. The van der Waals surface area contributed by atoms with Crippen LogP contribution in [0, 0.1) is 16.7 Å². The molecule has 0 aliphatic heterocycles. The highest BCUT2D eigenvalue weighted by atomic mass is 15.0. The van der Waals surface area contributed by atoms with Crippen molar-refractivity contribution in [3.63, 3.8) is 0 Å². The molecule has 0 spiro atoms. The van der Waals surface area contributed by atoms with Gasteiger partial charge >= 0.3 is 0 Å². The Kier molecular flexibility index (Phi) is 3.21. The van der Waals surface area contributed by atoms with E-state index in [1.807, 2.05) is 0 Å². The Hall–Kier alpha value is -0.550. The number of hydrogen-bond donors (Lipinski definition) is 1. The fourth-order valence-corrected chi connectivity index (χ4v) is 2.19. The summed E-state index contributed by atoms with van der Waals surface area (Å²) < 4.78 is 0. The molecule has 0 aromatic heterocycles. The van der Waals surface area contributed by atoms with Gasteiger partial charge in [-0.3, -0.25) is 5.32 Å². The van der Waals surface area contributed by atoms with Gasteiger partial charge in [0.1, 0.15) is 5.54 Å². The lowest BCUT2D eigenvalue weighted by Crippen LogP contribution is -2.50. The quantitative estimate of drug-likeness (QED) is 0.733. The minimum absolute atomic E-state index is 0.246. The lowest BCUT2D eigenvalue weighted by atomic mass is 9.70. The standard InChI is InChI=1S/C12H22N2/c1-10(2)14-12(9-13)7-5-11(3,4)6-8-12/h10,14H,5-8H2,1-4H3. The van der Waals surface area contributed by atoms with Gasteiger partial charge in [-0.2, -0.15) is 5.26 Å². The van der Waals surface area contributed by atoms with Crippen LogP contribution in [0.1, 0.15) is 53.4 Å². The predicted octanol–water partition coefficient (Wildman–Crippen LogP) is 2.85. The van der Waals surface area contributed by atoms with Crippen molar-refractivity contribution in [1.29, 1.82) is 5.26 Å². The van der Waals surface area contributed by atoms with Crippen LogP contribution < -0.4 is 5.32 Å². The molecule has 1 saturated carbocycles. The third-order valence-electron chi connectivity index (χ3n) is 3.24. The maximum absolute atomic E-state index is 9.25. The molecule has 0 unspecified atom stereocenters. The second-order valence-corrected chi connectivity index (χ2v) is 5.66. The maximum atomic E-state index is 9.25. The first-order valence-corrected chi connectivity index (χ1v) is 5.58. The first-order chi connectivity index (χ1) is 6.39. The van der Waals surface area contributed by atoms with Gasteiger partial charge in [-0.05, 0) is 44.9 Å². The number of nitrogens with one attached hydrogen (secondary N) is 1. The zero-order chi connectivity index (χ0) is 10.8. The van der Waals surface area contributed by atoms with Gasteiger partial charge in [0.05, 0.1) is 6.07 Å². The van der Waals surface area contributed by atoms with Crippen molar-refractivity contribution in [2.45, 2.75) is 65.0 Å². The third kappa shape index (κ3) is 2.72. The van der Waals surface area contributed by atoms with E-state index in [4.69, 9.17) is 0 Å². The van der Waals surface area contributed by atoms with Crippen molar-refractivity contribution in [2.24, 2.45) is 5.41 Å².